The van der Waals surface area contributed by atoms with Crippen LogP contribution in [0.15, 0.2) is 39.5 Å². The van der Waals surface area contributed by atoms with Crippen molar-refractivity contribution in [3.8, 4) is 5.75 Å². The number of oxazole rings is 1. The van der Waals surface area contributed by atoms with Crippen LogP contribution in [0.5, 0.6) is 5.75 Å². The standard InChI is InChI=1S/C18H13Cl2N3O5/c19-9-1-2-13-15(5-9)28-18(26)23(13)4-3-16(24)21-11-7-14-12(6-10(11)20)22-17(25)8-27-14/h1-2,5-7H,3-4,8H2,(H,21,24)(H,22,25). The van der Waals surface area contributed by atoms with Crippen molar-refractivity contribution < 1.29 is 18.7 Å². The summed E-state index contributed by atoms with van der Waals surface area (Å²) in [4.78, 5) is 35.7. The van der Waals surface area contributed by atoms with E-state index in [1.54, 1.807) is 18.2 Å². The minimum Gasteiger partial charge on any atom is -0.482 e. The molecule has 2 N–H and O–H groups in total. The summed E-state index contributed by atoms with van der Waals surface area (Å²) in [6.07, 6.45) is 0.0160. The molecule has 2 heterocycles. The maximum Gasteiger partial charge on any atom is 0.419 e. The Kier molecular flexibility index (Phi) is 4.74. The van der Waals surface area contributed by atoms with E-state index in [-0.39, 0.29) is 36.4 Å². The first-order chi connectivity index (χ1) is 13.4. The van der Waals surface area contributed by atoms with Crippen LogP contribution in [0.3, 0.4) is 0 Å². The van der Waals surface area contributed by atoms with Gasteiger partial charge in [0.25, 0.3) is 5.91 Å². The zero-order valence-electron chi connectivity index (χ0n) is 14.3. The first kappa shape index (κ1) is 18.4. The molecule has 28 heavy (non-hydrogen) atoms. The van der Waals surface area contributed by atoms with Gasteiger partial charge in [0, 0.05) is 30.1 Å². The van der Waals surface area contributed by atoms with E-state index in [4.69, 9.17) is 32.4 Å². The number of carbonyl (C=O) groups is 2. The molecule has 0 spiro atoms. The molecule has 10 heteroatoms. The Bertz CT molecular complexity index is 1170. The number of fused-ring (bicyclic) bond motifs is 2. The first-order valence-electron chi connectivity index (χ1n) is 8.25. The molecule has 0 radical (unpaired) electrons. The highest BCUT2D eigenvalue weighted by atomic mass is 35.5. The Labute approximate surface area is 168 Å². The van der Waals surface area contributed by atoms with Gasteiger partial charge < -0.3 is 19.8 Å². The molecular formula is C18H13Cl2N3O5. The van der Waals surface area contributed by atoms with E-state index in [2.05, 4.69) is 10.6 Å². The lowest BCUT2D eigenvalue weighted by Crippen LogP contribution is -2.25. The number of ether oxygens (including phenoxy) is 1. The fourth-order valence-corrected chi connectivity index (χ4v) is 3.25. The third kappa shape index (κ3) is 3.56. The molecule has 0 saturated carbocycles. The van der Waals surface area contributed by atoms with Crippen LogP contribution in [0.2, 0.25) is 10.0 Å². The molecule has 1 aromatic heterocycles. The Morgan fingerprint density at radius 1 is 1.21 bits per heavy atom. The van der Waals surface area contributed by atoms with Gasteiger partial charge in [0.15, 0.2) is 12.2 Å². The Hall–Kier alpha value is -2.97. The minimum absolute atomic E-state index is 0.0160. The highest BCUT2D eigenvalue weighted by Gasteiger charge is 2.19. The van der Waals surface area contributed by atoms with E-state index in [9.17, 15) is 14.4 Å². The van der Waals surface area contributed by atoms with Gasteiger partial charge in [-0.2, -0.15) is 0 Å². The zero-order valence-corrected chi connectivity index (χ0v) is 15.8. The van der Waals surface area contributed by atoms with Crippen LogP contribution in [0.1, 0.15) is 6.42 Å². The summed E-state index contributed by atoms with van der Waals surface area (Å²) in [5, 5.41) is 6.01. The number of hydrogen-bond donors (Lipinski definition) is 2. The monoisotopic (exact) mass is 421 g/mol. The number of hydrogen-bond acceptors (Lipinski definition) is 5. The van der Waals surface area contributed by atoms with Gasteiger partial charge in [-0.15, -0.1) is 0 Å². The smallest absolute Gasteiger partial charge is 0.419 e. The lowest BCUT2D eigenvalue weighted by molar-refractivity contribution is -0.118. The molecule has 0 fully saturated rings. The molecule has 8 nitrogen and oxygen atoms in total. The lowest BCUT2D eigenvalue weighted by atomic mass is 10.2. The number of halogens is 2. The number of amides is 2. The van der Waals surface area contributed by atoms with Crippen LogP contribution in [-0.4, -0.2) is 23.0 Å². The van der Waals surface area contributed by atoms with Gasteiger partial charge in [-0.05, 0) is 18.2 Å². The summed E-state index contributed by atoms with van der Waals surface area (Å²) >= 11 is 12.1. The van der Waals surface area contributed by atoms with Crippen molar-refractivity contribution in [3.05, 3.63) is 50.9 Å². The predicted octanol–water partition coefficient (Wildman–Crippen LogP) is 3.26. The van der Waals surface area contributed by atoms with Gasteiger partial charge in [0.2, 0.25) is 5.91 Å². The molecule has 1 aliphatic heterocycles. The van der Waals surface area contributed by atoms with Crippen molar-refractivity contribution in [2.45, 2.75) is 13.0 Å². The summed E-state index contributed by atoms with van der Waals surface area (Å²) in [6.45, 7) is 0.0108. The normalized spacial score (nSPS) is 13.0. The van der Waals surface area contributed by atoms with Gasteiger partial charge in [0.1, 0.15) is 5.75 Å². The molecule has 0 aliphatic carbocycles. The highest BCUT2D eigenvalue weighted by molar-refractivity contribution is 6.34. The predicted molar refractivity (Wildman–Crippen MR) is 104 cm³/mol. The molecule has 0 unspecified atom stereocenters. The van der Waals surface area contributed by atoms with Crippen LogP contribution < -0.4 is 21.1 Å². The largest absolute Gasteiger partial charge is 0.482 e. The number of nitrogens with one attached hydrogen (secondary N) is 2. The second-order valence-corrected chi connectivity index (χ2v) is 6.94. The molecule has 0 bridgehead atoms. The summed E-state index contributed by atoms with van der Waals surface area (Å²) < 4.78 is 11.8. The van der Waals surface area contributed by atoms with Gasteiger partial charge in [0.05, 0.1) is 21.9 Å². The molecule has 2 aromatic carbocycles. The van der Waals surface area contributed by atoms with Crippen LogP contribution in [-0.2, 0) is 16.1 Å². The van der Waals surface area contributed by atoms with E-state index < -0.39 is 5.76 Å². The van der Waals surface area contributed by atoms with Crippen molar-refractivity contribution >= 4 is 57.5 Å². The van der Waals surface area contributed by atoms with Crippen molar-refractivity contribution in [3.63, 3.8) is 0 Å². The average Bonchev–Trinajstić information content (AvgIpc) is 2.95. The fraction of sp³-hybridized carbons (Fsp3) is 0.167. The number of aromatic nitrogens is 1. The molecular weight excluding hydrogens is 409 g/mol. The molecule has 3 aromatic rings. The van der Waals surface area contributed by atoms with Crippen LogP contribution >= 0.6 is 23.2 Å². The summed E-state index contributed by atoms with van der Waals surface area (Å²) in [5.74, 6) is -0.787. The number of aryl methyl sites for hydroxylation is 1. The summed E-state index contributed by atoms with van der Waals surface area (Å²) in [5.41, 5.74) is 1.69. The number of rotatable bonds is 4. The van der Waals surface area contributed by atoms with Crippen molar-refractivity contribution in [1.82, 2.24) is 4.57 Å². The molecule has 1 aliphatic rings. The van der Waals surface area contributed by atoms with E-state index >= 15 is 0 Å². The second-order valence-electron chi connectivity index (χ2n) is 6.09. The second kappa shape index (κ2) is 7.21. The van der Waals surface area contributed by atoms with Gasteiger partial charge in [-0.1, -0.05) is 23.2 Å². The molecule has 4 rings (SSSR count). The van der Waals surface area contributed by atoms with Crippen LogP contribution in [0, 0.1) is 0 Å². The summed E-state index contributed by atoms with van der Waals surface area (Å²) in [6, 6.07) is 7.88. The zero-order chi connectivity index (χ0) is 19.8. The van der Waals surface area contributed by atoms with E-state index in [0.29, 0.717) is 33.2 Å². The Balaban J connectivity index is 1.48. The topological polar surface area (TPSA) is 103 Å². The van der Waals surface area contributed by atoms with Crippen molar-refractivity contribution in [2.75, 3.05) is 17.2 Å². The van der Waals surface area contributed by atoms with Gasteiger partial charge in [-0.25, -0.2) is 4.79 Å². The number of benzene rings is 2. The molecule has 0 saturated heterocycles. The maximum atomic E-state index is 12.3. The lowest BCUT2D eigenvalue weighted by Gasteiger charge is -2.19. The molecule has 144 valence electrons. The highest BCUT2D eigenvalue weighted by Crippen LogP contribution is 2.36. The molecule has 0 atom stereocenters. The van der Waals surface area contributed by atoms with Crippen LogP contribution in [0.4, 0.5) is 11.4 Å². The maximum absolute atomic E-state index is 12.3. The third-order valence-electron chi connectivity index (χ3n) is 4.17. The van der Waals surface area contributed by atoms with Crippen molar-refractivity contribution in [2.24, 2.45) is 0 Å². The number of nitrogens with zero attached hydrogens (tertiary/aromatic N) is 1. The fourth-order valence-electron chi connectivity index (χ4n) is 2.87. The Morgan fingerprint density at radius 3 is 2.86 bits per heavy atom. The van der Waals surface area contributed by atoms with E-state index in [0.717, 1.165) is 0 Å². The SMILES string of the molecule is O=C(CCn1c(=O)oc2cc(Cl)ccc21)Nc1cc2c(cc1Cl)NC(=O)CO2. The number of carbonyl (C=O) groups excluding carboxylic acids is 2. The van der Waals surface area contributed by atoms with E-state index in [1.807, 2.05) is 0 Å². The van der Waals surface area contributed by atoms with Gasteiger partial charge >= 0.3 is 5.76 Å². The summed E-state index contributed by atoms with van der Waals surface area (Å²) in [7, 11) is 0. The average molecular weight is 422 g/mol. The van der Waals surface area contributed by atoms with Crippen LogP contribution in [0.25, 0.3) is 11.1 Å². The Morgan fingerprint density at radius 2 is 2.04 bits per heavy atom. The first-order valence-corrected chi connectivity index (χ1v) is 9.01. The quantitative estimate of drug-likeness (QED) is 0.672. The van der Waals surface area contributed by atoms with Crippen molar-refractivity contribution in [1.29, 1.82) is 0 Å². The van der Waals surface area contributed by atoms with E-state index in [1.165, 1.54) is 16.7 Å². The minimum atomic E-state index is -0.568. The third-order valence-corrected chi connectivity index (χ3v) is 4.72. The molecule has 2 amide bonds. The van der Waals surface area contributed by atoms with Gasteiger partial charge in [-0.3, -0.25) is 14.2 Å². The number of anilines is 2.